The minimum atomic E-state index is -0.227. The Labute approximate surface area is 119 Å². The lowest BCUT2D eigenvalue weighted by Crippen LogP contribution is -2.34. The molecular weight excluding hydrogens is 265 g/mol. The van der Waals surface area contributed by atoms with Gasteiger partial charge in [-0.1, -0.05) is 24.6 Å². The lowest BCUT2D eigenvalue weighted by Gasteiger charge is -2.26. The number of halogens is 2. The van der Waals surface area contributed by atoms with E-state index < -0.39 is 0 Å². The summed E-state index contributed by atoms with van der Waals surface area (Å²) in [5.74, 6) is -0.227. The molecule has 1 aromatic rings. The van der Waals surface area contributed by atoms with Crippen molar-refractivity contribution < 1.29 is 9.13 Å². The molecule has 19 heavy (non-hydrogen) atoms. The van der Waals surface area contributed by atoms with Crippen molar-refractivity contribution in [3.63, 3.8) is 0 Å². The molecule has 0 aliphatic heterocycles. The van der Waals surface area contributed by atoms with Crippen LogP contribution in [0.15, 0.2) is 30.9 Å². The maximum absolute atomic E-state index is 13.7. The maximum atomic E-state index is 13.7. The average Bonchev–Trinajstić information content (AvgIpc) is 2.39. The van der Waals surface area contributed by atoms with Gasteiger partial charge in [-0.2, -0.15) is 0 Å². The SMILES string of the molecule is C=CC(C)(CNCCOC)Cc1cc(Cl)ccc1F. The van der Waals surface area contributed by atoms with Crippen LogP contribution in [0.4, 0.5) is 4.39 Å². The predicted molar refractivity (Wildman–Crippen MR) is 78.2 cm³/mol. The highest BCUT2D eigenvalue weighted by molar-refractivity contribution is 6.30. The molecule has 2 nitrogen and oxygen atoms in total. The molecule has 0 amide bonds. The number of hydrogen-bond acceptors (Lipinski definition) is 2. The Hall–Kier alpha value is -0.900. The lowest BCUT2D eigenvalue weighted by molar-refractivity contribution is 0.195. The van der Waals surface area contributed by atoms with Crippen LogP contribution in [0.5, 0.6) is 0 Å². The standard InChI is InChI=1S/C15H21ClFNO/c1-4-15(2,11-18-7-8-19-3)10-12-9-13(16)5-6-14(12)17/h4-6,9,18H,1,7-8,10-11H2,2-3H3. The summed E-state index contributed by atoms with van der Waals surface area (Å²) in [6, 6.07) is 4.63. The first-order chi connectivity index (χ1) is 9.00. The molecule has 0 radical (unpaired) electrons. The van der Waals surface area contributed by atoms with E-state index in [4.69, 9.17) is 16.3 Å². The van der Waals surface area contributed by atoms with E-state index in [1.807, 2.05) is 13.0 Å². The second kappa shape index (κ2) is 7.63. The average molecular weight is 286 g/mol. The van der Waals surface area contributed by atoms with Crippen LogP contribution in [-0.4, -0.2) is 26.8 Å². The van der Waals surface area contributed by atoms with Crippen LogP contribution in [0, 0.1) is 11.2 Å². The zero-order valence-corrected chi connectivity index (χ0v) is 12.3. The van der Waals surface area contributed by atoms with Gasteiger partial charge in [0.1, 0.15) is 5.82 Å². The quantitative estimate of drug-likeness (QED) is 0.583. The monoisotopic (exact) mass is 285 g/mol. The third kappa shape index (κ3) is 5.31. The van der Waals surface area contributed by atoms with Crippen molar-refractivity contribution >= 4 is 11.6 Å². The van der Waals surface area contributed by atoms with Gasteiger partial charge in [0.2, 0.25) is 0 Å². The van der Waals surface area contributed by atoms with Gasteiger partial charge in [0.05, 0.1) is 6.61 Å². The molecule has 0 fully saturated rings. The van der Waals surface area contributed by atoms with Gasteiger partial charge in [0.25, 0.3) is 0 Å². The maximum Gasteiger partial charge on any atom is 0.126 e. The highest BCUT2D eigenvalue weighted by atomic mass is 35.5. The first-order valence-electron chi connectivity index (χ1n) is 6.28. The molecule has 0 heterocycles. The third-order valence-electron chi connectivity index (χ3n) is 3.11. The minimum Gasteiger partial charge on any atom is -0.383 e. The molecule has 0 bridgehead atoms. The van der Waals surface area contributed by atoms with Crippen molar-refractivity contribution in [1.82, 2.24) is 5.32 Å². The summed E-state index contributed by atoms with van der Waals surface area (Å²) in [7, 11) is 1.66. The van der Waals surface area contributed by atoms with Crippen LogP contribution in [0.25, 0.3) is 0 Å². The number of rotatable bonds is 8. The van der Waals surface area contributed by atoms with Crippen molar-refractivity contribution in [2.24, 2.45) is 5.41 Å². The molecule has 0 saturated carbocycles. The van der Waals surface area contributed by atoms with Gasteiger partial charge in [-0.3, -0.25) is 0 Å². The number of nitrogens with one attached hydrogen (secondary N) is 1. The molecule has 106 valence electrons. The van der Waals surface area contributed by atoms with E-state index in [9.17, 15) is 4.39 Å². The zero-order chi connectivity index (χ0) is 14.3. The second-order valence-corrected chi connectivity index (χ2v) is 5.38. The molecule has 1 aromatic carbocycles. The van der Waals surface area contributed by atoms with Gasteiger partial charge in [0, 0.05) is 30.6 Å². The molecule has 4 heteroatoms. The molecule has 1 rings (SSSR count). The summed E-state index contributed by atoms with van der Waals surface area (Å²) in [6.45, 7) is 8.02. The number of hydrogen-bond donors (Lipinski definition) is 1. The lowest BCUT2D eigenvalue weighted by atomic mass is 9.83. The molecule has 0 aliphatic rings. The molecule has 0 saturated heterocycles. The molecule has 0 aliphatic carbocycles. The molecule has 1 N–H and O–H groups in total. The largest absolute Gasteiger partial charge is 0.383 e. The van der Waals surface area contributed by atoms with Gasteiger partial charge < -0.3 is 10.1 Å². The molecule has 0 spiro atoms. The molecule has 1 unspecified atom stereocenters. The Balaban J connectivity index is 2.68. The van der Waals surface area contributed by atoms with E-state index in [0.717, 1.165) is 6.54 Å². The van der Waals surface area contributed by atoms with E-state index in [1.54, 1.807) is 19.2 Å². The minimum absolute atomic E-state index is 0.223. The van der Waals surface area contributed by atoms with E-state index in [2.05, 4.69) is 11.9 Å². The van der Waals surface area contributed by atoms with Gasteiger partial charge in [-0.05, 0) is 30.2 Å². The summed E-state index contributed by atoms with van der Waals surface area (Å²) in [5, 5.41) is 3.83. The molecular formula is C15H21ClFNO. The zero-order valence-electron chi connectivity index (χ0n) is 11.5. The van der Waals surface area contributed by atoms with Crippen LogP contribution in [-0.2, 0) is 11.2 Å². The van der Waals surface area contributed by atoms with E-state index >= 15 is 0 Å². The summed E-state index contributed by atoms with van der Waals surface area (Å²) in [4.78, 5) is 0. The molecule has 0 aromatic heterocycles. The summed E-state index contributed by atoms with van der Waals surface area (Å²) in [5.41, 5.74) is 0.391. The highest BCUT2D eigenvalue weighted by Gasteiger charge is 2.22. The predicted octanol–water partition coefficient (Wildman–Crippen LogP) is 3.45. The van der Waals surface area contributed by atoms with Crippen LogP contribution >= 0.6 is 11.6 Å². The fraction of sp³-hybridized carbons (Fsp3) is 0.467. The Morgan fingerprint density at radius 2 is 2.26 bits per heavy atom. The smallest absolute Gasteiger partial charge is 0.126 e. The van der Waals surface area contributed by atoms with Crippen LogP contribution in [0.1, 0.15) is 12.5 Å². The van der Waals surface area contributed by atoms with Crippen LogP contribution < -0.4 is 5.32 Å². The van der Waals surface area contributed by atoms with Crippen LogP contribution in [0.2, 0.25) is 5.02 Å². The number of ether oxygens (including phenoxy) is 1. The van der Waals surface area contributed by atoms with E-state index in [-0.39, 0.29) is 11.2 Å². The topological polar surface area (TPSA) is 21.3 Å². The van der Waals surface area contributed by atoms with Gasteiger partial charge in [0.15, 0.2) is 0 Å². The fourth-order valence-corrected chi connectivity index (χ4v) is 2.06. The van der Waals surface area contributed by atoms with Gasteiger partial charge >= 0.3 is 0 Å². The fourth-order valence-electron chi connectivity index (χ4n) is 1.87. The van der Waals surface area contributed by atoms with Crippen molar-refractivity contribution in [3.05, 3.63) is 47.3 Å². The summed E-state index contributed by atoms with van der Waals surface area (Å²) < 4.78 is 18.7. The normalized spacial score (nSPS) is 14.1. The van der Waals surface area contributed by atoms with E-state index in [0.29, 0.717) is 30.2 Å². The number of methoxy groups -OCH3 is 1. The highest BCUT2D eigenvalue weighted by Crippen LogP contribution is 2.26. The first kappa shape index (κ1) is 16.2. The summed E-state index contributed by atoms with van der Waals surface area (Å²) in [6.07, 6.45) is 2.41. The molecule has 1 atom stereocenters. The van der Waals surface area contributed by atoms with Crippen LogP contribution in [0.3, 0.4) is 0 Å². The first-order valence-corrected chi connectivity index (χ1v) is 6.66. The Kier molecular flexibility index (Phi) is 6.49. The Bertz CT molecular complexity index is 425. The van der Waals surface area contributed by atoms with Gasteiger partial charge in [-0.15, -0.1) is 6.58 Å². The van der Waals surface area contributed by atoms with E-state index in [1.165, 1.54) is 6.07 Å². The second-order valence-electron chi connectivity index (χ2n) is 4.94. The Morgan fingerprint density at radius 1 is 1.53 bits per heavy atom. The van der Waals surface area contributed by atoms with Crippen molar-refractivity contribution in [1.29, 1.82) is 0 Å². The Morgan fingerprint density at radius 3 is 2.89 bits per heavy atom. The number of benzene rings is 1. The van der Waals surface area contributed by atoms with Gasteiger partial charge in [-0.25, -0.2) is 4.39 Å². The van der Waals surface area contributed by atoms with Crippen molar-refractivity contribution in [3.8, 4) is 0 Å². The van der Waals surface area contributed by atoms with Crippen molar-refractivity contribution in [2.45, 2.75) is 13.3 Å². The van der Waals surface area contributed by atoms with Crippen molar-refractivity contribution in [2.75, 3.05) is 26.8 Å². The summed E-state index contributed by atoms with van der Waals surface area (Å²) >= 11 is 5.91. The third-order valence-corrected chi connectivity index (χ3v) is 3.34.